The van der Waals surface area contributed by atoms with Crippen molar-refractivity contribution in [1.29, 1.82) is 0 Å². The van der Waals surface area contributed by atoms with Crippen molar-refractivity contribution in [3.05, 3.63) is 51.3 Å². The van der Waals surface area contributed by atoms with Crippen LogP contribution in [0.25, 0.3) is 28.2 Å². The quantitative estimate of drug-likeness (QED) is 0.462. The lowest BCUT2D eigenvalue weighted by Crippen LogP contribution is -2.37. The van der Waals surface area contributed by atoms with Crippen LogP contribution in [0.5, 0.6) is 5.75 Å². The highest BCUT2D eigenvalue weighted by Gasteiger charge is 2.33. The van der Waals surface area contributed by atoms with Crippen LogP contribution in [0.3, 0.4) is 0 Å². The maximum atomic E-state index is 12.9. The van der Waals surface area contributed by atoms with Gasteiger partial charge in [0.15, 0.2) is 21.0 Å². The summed E-state index contributed by atoms with van der Waals surface area (Å²) >= 11 is 0. The number of ether oxygens (including phenoxy) is 1. The van der Waals surface area contributed by atoms with Gasteiger partial charge in [-0.25, -0.2) is 13.2 Å². The van der Waals surface area contributed by atoms with Gasteiger partial charge in [0.05, 0.1) is 30.4 Å². The second kappa shape index (κ2) is 6.58. The third-order valence-corrected chi connectivity index (χ3v) is 7.71. The normalized spacial score (nSPS) is 18.2. The molecule has 1 fully saturated rings. The molecule has 0 N–H and O–H groups in total. The number of nitrogens with zero attached hydrogens (tertiary/aromatic N) is 5. The molecular formula is C20H21N5O5S. The molecule has 1 aliphatic heterocycles. The monoisotopic (exact) mass is 443 g/mol. The first kappa shape index (κ1) is 19.6. The van der Waals surface area contributed by atoms with Crippen LogP contribution in [0, 0.1) is 0 Å². The van der Waals surface area contributed by atoms with Crippen molar-refractivity contribution in [3.8, 4) is 17.0 Å². The summed E-state index contributed by atoms with van der Waals surface area (Å²) in [6, 6.07) is 7.08. The van der Waals surface area contributed by atoms with Crippen molar-refractivity contribution in [2.75, 3.05) is 18.6 Å². The number of sulfone groups is 1. The molecule has 0 amide bonds. The summed E-state index contributed by atoms with van der Waals surface area (Å²) in [6.07, 6.45) is 2.24. The molecule has 1 aliphatic rings. The molecule has 4 heterocycles. The molecule has 31 heavy (non-hydrogen) atoms. The van der Waals surface area contributed by atoms with Gasteiger partial charge in [-0.1, -0.05) is 0 Å². The number of benzene rings is 1. The van der Waals surface area contributed by atoms with Crippen molar-refractivity contribution in [1.82, 2.24) is 23.1 Å². The Bertz CT molecular complexity index is 1570. The molecule has 0 bridgehead atoms. The molecule has 1 saturated heterocycles. The standard InChI is InChI=1S/C20H21N5O5S/c1-22-17-16(18(26)23(2)20(22)27)24-10-15(12-4-6-14(30-3)7-5-12)25(19(24)21-17)13-8-9-31(28,29)11-13/h4-7,10,13H,8-9,11H2,1-3H3/t13-/m0/s1. The van der Waals surface area contributed by atoms with E-state index in [9.17, 15) is 18.0 Å². The first-order valence-corrected chi connectivity index (χ1v) is 11.6. The number of aromatic nitrogens is 5. The number of hydrogen-bond donors (Lipinski definition) is 0. The molecule has 1 atom stereocenters. The van der Waals surface area contributed by atoms with E-state index in [2.05, 4.69) is 4.98 Å². The summed E-state index contributed by atoms with van der Waals surface area (Å²) in [7, 11) is 1.41. The van der Waals surface area contributed by atoms with Crippen LogP contribution in [0.2, 0.25) is 0 Å². The predicted molar refractivity (Wildman–Crippen MR) is 115 cm³/mol. The Balaban J connectivity index is 1.87. The third kappa shape index (κ3) is 2.83. The van der Waals surface area contributed by atoms with E-state index in [1.165, 1.54) is 11.6 Å². The van der Waals surface area contributed by atoms with Gasteiger partial charge in [0.2, 0.25) is 5.78 Å². The van der Waals surface area contributed by atoms with E-state index in [1.807, 2.05) is 28.8 Å². The Morgan fingerprint density at radius 3 is 2.42 bits per heavy atom. The third-order valence-electron chi connectivity index (χ3n) is 5.96. The van der Waals surface area contributed by atoms with E-state index in [0.29, 0.717) is 17.9 Å². The fraction of sp³-hybridized carbons (Fsp3) is 0.350. The lowest BCUT2D eigenvalue weighted by molar-refractivity contribution is 0.415. The smallest absolute Gasteiger partial charge is 0.332 e. The van der Waals surface area contributed by atoms with E-state index < -0.39 is 21.1 Å². The van der Waals surface area contributed by atoms with Crippen LogP contribution in [0.4, 0.5) is 0 Å². The maximum Gasteiger partial charge on any atom is 0.332 e. The fourth-order valence-corrected chi connectivity index (χ4v) is 6.00. The van der Waals surface area contributed by atoms with Crippen molar-refractivity contribution < 1.29 is 13.2 Å². The summed E-state index contributed by atoms with van der Waals surface area (Å²) in [5.41, 5.74) is 1.19. The van der Waals surface area contributed by atoms with Crippen molar-refractivity contribution >= 4 is 26.8 Å². The van der Waals surface area contributed by atoms with Crippen LogP contribution >= 0.6 is 0 Å². The molecule has 11 heteroatoms. The average molecular weight is 443 g/mol. The van der Waals surface area contributed by atoms with E-state index in [4.69, 9.17) is 4.74 Å². The largest absolute Gasteiger partial charge is 0.497 e. The van der Waals surface area contributed by atoms with Gasteiger partial charge in [-0.2, -0.15) is 4.98 Å². The van der Waals surface area contributed by atoms with Crippen molar-refractivity contribution in [3.63, 3.8) is 0 Å². The van der Waals surface area contributed by atoms with Crippen molar-refractivity contribution in [2.24, 2.45) is 14.1 Å². The minimum absolute atomic E-state index is 0.000635. The summed E-state index contributed by atoms with van der Waals surface area (Å²) < 4.78 is 35.6. The van der Waals surface area contributed by atoms with Gasteiger partial charge >= 0.3 is 5.69 Å². The summed E-state index contributed by atoms with van der Waals surface area (Å²) in [5.74, 6) is 1.23. The molecule has 1 aromatic carbocycles. The van der Waals surface area contributed by atoms with E-state index in [-0.39, 0.29) is 28.7 Å². The number of aryl methyl sites for hydroxylation is 1. The highest BCUT2D eigenvalue weighted by molar-refractivity contribution is 7.91. The number of hydrogen-bond acceptors (Lipinski definition) is 6. The minimum Gasteiger partial charge on any atom is -0.497 e. The zero-order valence-electron chi connectivity index (χ0n) is 17.3. The SMILES string of the molecule is COc1ccc(-c2cn3c4c(=O)n(C)c(=O)n(C)c4nc3n2[C@H]2CCS(=O)(=O)C2)cc1. The number of imidazole rings is 2. The van der Waals surface area contributed by atoms with Gasteiger partial charge < -0.3 is 9.30 Å². The molecular weight excluding hydrogens is 422 g/mol. The molecule has 0 spiro atoms. The Labute approximate surface area is 176 Å². The number of methoxy groups -OCH3 is 1. The van der Waals surface area contributed by atoms with Crippen LogP contribution < -0.4 is 16.0 Å². The Hall–Kier alpha value is -3.34. The molecule has 3 aromatic heterocycles. The molecule has 162 valence electrons. The van der Waals surface area contributed by atoms with Crippen molar-refractivity contribution in [2.45, 2.75) is 12.5 Å². The van der Waals surface area contributed by atoms with Gasteiger partial charge in [-0.05, 0) is 30.7 Å². The van der Waals surface area contributed by atoms with E-state index in [0.717, 1.165) is 15.8 Å². The van der Waals surface area contributed by atoms with Crippen LogP contribution in [-0.2, 0) is 23.9 Å². The van der Waals surface area contributed by atoms with Gasteiger partial charge in [0, 0.05) is 25.9 Å². The zero-order chi connectivity index (χ0) is 22.1. The Morgan fingerprint density at radius 1 is 1.10 bits per heavy atom. The first-order valence-electron chi connectivity index (χ1n) is 9.75. The second-order valence-electron chi connectivity index (χ2n) is 7.83. The summed E-state index contributed by atoms with van der Waals surface area (Å²) in [4.78, 5) is 29.9. The van der Waals surface area contributed by atoms with Gasteiger partial charge in [0.25, 0.3) is 5.56 Å². The highest BCUT2D eigenvalue weighted by atomic mass is 32.2. The van der Waals surface area contributed by atoms with Crippen LogP contribution in [0.15, 0.2) is 40.1 Å². The van der Waals surface area contributed by atoms with Crippen LogP contribution in [-0.4, -0.2) is 50.1 Å². The topological polar surface area (TPSA) is 110 Å². The maximum absolute atomic E-state index is 12.9. The first-order chi connectivity index (χ1) is 14.7. The molecule has 0 radical (unpaired) electrons. The molecule has 0 aliphatic carbocycles. The number of fused-ring (bicyclic) bond motifs is 3. The molecule has 0 unspecified atom stereocenters. The lowest BCUT2D eigenvalue weighted by Gasteiger charge is -2.15. The fourth-order valence-electron chi connectivity index (χ4n) is 4.30. The summed E-state index contributed by atoms with van der Waals surface area (Å²) in [5, 5.41) is 0. The van der Waals surface area contributed by atoms with E-state index in [1.54, 1.807) is 24.8 Å². The molecule has 5 rings (SSSR count). The van der Waals surface area contributed by atoms with Gasteiger partial charge in [-0.15, -0.1) is 0 Å². The average Bonchev–Trinajstić information content (AvgIpc) is 3.41. The second-order valence-corrected chi connectivity index (χ2v) is 10.1. The lowest BCUT2D eigenvalue weighted by atomic mass is 10.1. The van der Waals surface area contributed by atoms with Crippen LogP contribution in [0.1, 0.15) is 12.5 Å². The molecule has 0 saturated carbocycles. The van der Waals surface area contributed by atoms with E-state index >= 15 is 0 Å². The molecule has 4 aromatic rings. The summed E-state index contributed by atoms with van der Waals surface area (Å²) in [6.45, 7) is 0. The van der Waals surface area contributed by atoms with Gasteiger partial charge in [-0.3, -0.25) is 18.3 Å². The minimum atomic E-state index is -3.16. The van der Waals surface area contributed by atoms with Gasteiger partial charge in [0.1, 0.15) is 5.75 Å². The highest BCUT2D eigenvalue weighted by Crippen LogP contribution is 2.34. The molecule has 10 nitrogen and oxygen atoms in total. The predicted octanol–water partition coefficient (Wildman–Crippen LogP) is 0.722. The zero-order valence-corrected chi connectivity index (χ0v) is 18.1. The number of rotatable bonds is 3. The Kier molecular flexibility index (Phi) is 4.16. The Morgan fingerprint density at radius 2 is 1.81 bits per heavy atom.